The fourth-order valence-electron chi connectivity index (χ4n) is 3.66. The van der Waals surface area contributed by atoms with E-state index in [4.69, 9.17) is 16.0 Å². The van der Waals surface area contributed by atoms with Crippen LogP contribution in [0, 0.1) is 6.92 Å². The molecule has 0 saturated heterocycles. The minimum atomic E-state index is -0.586. The highest BCUT2D eigenvalue weighted by atomic mass is 79.9. The van der Waals surface area contributed by atoms with E-state index in [0.29, 0.717) is 51.6 Å². The van der Waals surface area contributed by atoms with Crippen molar-refractivity contribution in [1.29, 1.82) is 0 Å². The smallest absolute Gasteiger partial charge is 0.305 e. The predicted octanol–water partition coefficient (Wildman–Crippen LogP) is 4.55. The first kappa shape index (κ1) is 23.7. The number of hydrogen-bond donors (Lipinski definition) is 3. The van der Waals surface area contributed by atoms with Crippen LogP contribution in [-0.2, 0) is 6.42 Å². The quantitative estimate of drug-likeness (QED) is 0.419. The average Bonchev–Trinajstić information content (AvgIpc) is 3.18. The Balaban J connectivity index is 1.48. The second-order valence-corrected chi connectivity index (χ2v) is 8.93. The number of nitrogens with zero attached hydrogens (tertiary/aromatic N) is 1. The maximum atomic E-state index is 12.7. The predicted molar refractivity (Wildman–Crippen MR) is 131 cm³/mol. The van der Waals surface area contributed by atoms with Gasteiger partial charge in [0.15, 0.2) is 5.76 Å². The second-order valence-electron chi connectivity index (χ2n) is 7.60. The molecule has 34 heavy (non-hydrogen) atoms. The maximum Gasteiger partial charge on any atom is 0.305 e. The third-order valence-electron chi connectivity index (χ3n) is 5.34. The van der Waals surface area contributed by atoms with Crippen LogP contribution in [-0.4, -0.2) is 23.4 Å². The Morgan fingerprint density at radius 3 is 2.41 bits per heavy atom. The molecule has 0 saturated carbocycles. The Hall–Kier alpha value is -3.43. The van der Waals surface area contributed by atoms with Crippen molar-refractivity contribution < 1.29 is 18.8 Å². The van der Waals surface area contributed by atoms with Gasteiger partial charge in [-0.25, -0.2) is 5.43 Å². The van der Waals surface area contributed by atoms with Crippen LogP contribution in [0.2, 0.25) is 5.02 Å². The number of halogens is 2. The third kappa shape index (κ3) is 5.05. The zero-order chi connectivity index (χ0) is 24.2. The number of furan rings is 1. The van der Waals surface area contributed by atoms with E-state index in [1.165, 1.54) is 0 Å². The zero-order valence-electron chi connectivity index (χ0n) is 18.1. The first-order valence-corrected chi connectivity index (χ1v) is 11.6. The van der Waals surface area contributed by atoms with Crippen molar-refractivity contribution in [2.24, 2.45) is 5.10 Å². The summed E-state index contributed by atoms with van der Waals surface area (Å²) in [4.78, 5) is 37.5. The van der Waals surface area contributed by atoms with E-state index < -0.39 is 17.7 Å². The highest BCUT2D eigenvalue weighted by Crippen LogP contribution is 2.30. The van der Waals surface area contributed by atoms with Gasteiger partial charge in [-0.2, -0.15) is 5.10 Å². The van der Waals surface area contributed by atoms with Gasteiger partial charge in [-0.3, -0.25) is 25.2 Å². The summed E-state index contributed by atoms with van der Waals surface area (Å²) in [5.74, 6) is -0.789. The molecule has 0 atom stereocenters. The number of hydrazine groups is 1. The topological polar surface area (TPSA) is 113 Å². The summed E-state index contributed by atoms with van der Waals surface area (Å²) in [5, 5.41) is 4.62. The van der Waals surface area contributed by atoms with Crippen LogP contribution in [0.5, 0.6) is 0 Å². The molecule has 0 fully saturated rings. The van der Waals surface area contributed by atoms with Gasteiger partial charge in [-0.15, -0.1) is 0 Å². The molecule has 0 radical (unpaired) electrons. The first-order chi connectivity index (χ1) is 16.3. The van der Waals surface area contributed by atoms with Crippen LogP contribution in [0.3, 0.4) is 0 Å². The number of aryl methyl sites for hydroxylation is 1. The molecule has 1 aliphatic carbocycles. The number of amides is 3. The molecule has 1 heterocycles. The molecule has 1 aliphatic rings. The number of fused-ring (bicyclic) bond motifs is 1. The zero-order valence-corrected chi connectivity index (χ0v) is 20.4. The highest BCUT2D eigenvalue weighted by Gasteiger charge is 2.28. The van der Waals surface area contributed by atoms with Crippen LogP contribution in [0.1, 0.15) is 61.0 Å². The van der Waals surface area contributed by atoms with Gasteiger partial charge in [0.1, 0.15) is 5.76 Å². The summed E-state index contributed by atoms with van der Waals surface area (Å²) in [6.45, 7) is 1.74. The van der Waals surface area contributed by atoms with Gasteiger partial charge in [-0.05, 0) is 56.2 Å². The van der Waals surface area contributed by atoms with E-state index in [0.717, 1.165) is 10.9 Å². The SMILES string of the molecule is Cc1c(C(=O)NNC(=O)c2ccc(Br)cc2)oc2c1/C(=N/NC(=O)c1ccccc1Cl)CCC2. The summed E-state index contributed by atoms with van der Waals surface area (Å²) >= 11 is 9.39. The van der Waals surface area contributed by atoms with Crippen LogP contribution < -0.4 is 16.3 Å². The molecule has 0 unspecified atom stereocenters. The fourth-order valence-corrected chi connectivity index (χ4v) is 4.15. The largest absolute Gasteiger partial charge is 0.455 e. The van der Waals surface area contributed by atoms with E-state index >= 15 is 0 Å². The van der Waals surface area contributed by atoms with E-state index in [-0.39, 0.29) is 5.76 Å². The number of nitrogens with one attached hydrogen (secondary N) is 3. The van der Waals surface area contributed by atoms with Crippen molar-refractivity contribution >= 4 is 51.0 Å². The normalized spacial score (nSPS) is 13.8. The van der Waals surface area contributed by atoms with Crippen LogP contribution in [0.25, 0.3) is 0 Å². The summed E-state index contributed by atoms with van der Waals surface area (Å²) in [7, 11) is 0. The van der Waals surface area contributed by atoms with Gasteiger partial charge in [0.25, 0.3) is 11.8 Å². The molecular formula is C24H20BrClN4O4. The lowest BCUT2D eigenvalue weighted by molar-refractivity contribution is 0.0829. The van der Waals surface area contributed by atoms with Crippen molar-refractivity contribution in [3.05, 3.63) is 91.8 Å². The maximum absolute atomic E-state index is 12.7. The summed E-state index contributed by atoms with van der Waals surface area (Å²) in [6.07, 6.45) is 1.99. The molecule has 0 spiro atoms. The molecular weight excluding hydrogens is 524 g/mol. The lowest BCUT2D eigenvalue weighted by Crippen LogP contribution is -2.41. The van der Waals surface area contributed by atoms with Gasteiger partial charge in [0.2, 0.25) is 0 Å². The molecule has 1 aromatic heterocycles. The Labute approximate surface area is 208 Å². The van der Waals surface area contributed by atoms with Crippen LogP contribution >= 0.6 is 27.5 Å². The van der Waals surface area contributed by atoms with E-state index in [1.807, 2.05) is 0 Å². The number of hydrazone groups is 1. The number of hydrogen-bond acceptors (Lipinski definition) is 5. The minimum Gasteiger partial charge on any atom is -0.455 e. The van der Waals surface area contributed by atoms with Crippen LogP contribution in [0.4, 0.5) is 0 Å². The molecule has 8 nitrogen and oxygen atoms in total. The molecule has 2 aromatic carbocycles. The molecule has 10 heteroatoms. The minimum absolute atomic E-state index is 0.0770. The van der Waals surface area contributed by atoms with Crippen molar-refractivity contribution in [3.8, 4) is 0 Å². The Morgan fingerprint density at radius 1 is 0.971 bits per heavy atom. The summed E-state index contributed by atoms with van der Waals surface area (Å²) < 4.78 is 6.65. The van der Waals surface area contributed by atoms with E-state index in [2.05, 4.69) is 37.3 Å². The number of benzene rings is 2. The van der Waals surface area contributed by atoms with Gasteiger partial charge >= 0.3 is 5.91 Å². The summed E-state index contributed by atoms with van der Waals surface area (Å²) in [5.41, 5.74) is 9.90. The fraction of sp³-hybridized carbons (Fsp3) is 0.167. The van der Waals surface area contributed by atoms with Crippen molar-refractivity contribution in [2.45, 2.75) is 26.2 Å². The Bertz CT molecular complexity index is 1300. The second kappa shape index (κ2) is 10.2. The van der Waals surface area contributed by atoms with Crippen LogP contribution in [0.15, 0.2) is 62.5 Å². The van der Waals surface area contributed by atoms with Gasteiger partial charge in [0.05, 0.1) is 16.3 Å². The van der Waals surface area contributed by atoms with Gasteiger partial charge < -0.3 is 4.42 Å². The number of rotatable bonds is 4. The highest BCUT2D eigenvalue weighted by molar-refractivity contribution is 9.10. The lowest BCUT2D eigenvalue weighted by atomic mass is 9.93. The average molecular weight is 544 g/mol. The van der Waals surface area contributed by atoms with Gasteiger partial charge in [-0.1, -0.05) is 39.7 Å². The van der Waals surface area contributed by atoms with Crippen molar-refractivity contribution in [3.63, 3.8) is 0 Å². The summed E-state index contributed by atoms with van der Waals surface area (Å²) in [6, 6.07) is 13.4. The van der Waals surface area contributed by atoms with E-state index in [1.54, 1.807) is 55.5 Å². The number of carbonyl (C=O) groups excluding carboxylic acids is 3. The Morgan fingerprint density at radius 2 is 1.68 bits per heavy atom. The van der Waals surface area contributed by atoms with Gasteiger partial charge in [0, 0.05) is 27.6 Å². The first-order valence-electron chi connectivity index (χ1n) is 10.5. The molecule has 3 aromatic rings. The monoisotopic (exact) mass is 542 g/mol. The molecule has 0 aliphatic heterocycles. The molecule has 4 rings (SSSR count). The Kier molecular flexibility index (Phi) is 7.14. The molecule has 174 valence electrons. The molecule has 3 amide bonds. The molecule has 3 N–H and O–H groups in total. The standard InChI is InChI=1S/C24H20BrClN4O4/c1-13-20-18(27-29-23(32)16-5-2-3-6-17(16)26)7-4-8-19(20)34-21(13)24(33)30-28-22(31)14-9-11-15(25)12-10-14/h2-3,5-6,9-12H,4,7-8H2,1H3,(H,28,31)(H,29,32)(H,30,33)/b27-18+. The molecule has 0 bridgehead atoms. The third-order valence-corrected chi connectivity index (χ3v) is 6.20. The van der Waals surface area contributed by atoms with E-state index in [9.17, 15) is 14.4 Å². The lowest BCUT2D eigenvalue weighted by Gasteiger charge is -2.13. The number of carbonyl (C=O) groups is 3. The van der Waals surface area contributed by atoms with Crippen molar-refractivity contribution in [1.82, 2.24) is 16.3 Å². The van der Waals surface area contributed by atoms with Crippen molar-refractivity contribution in [2.75, 3.05) is 0 Å².